The van der Waals surface area contributed by atoms with E-state index in [1.54, 1.807) is 43.3 Å². The first-order valence-electron chi connectivity index (χ1n) is 13.3. The zero-order valence-electron chi connectivity index (χ0n) is 23.4. The third-order valence-electron chi connectivity index (χ3n) is 6.72. The topological polar surface area (TPSA) is 86.8 Å². The molecule has 3 aromatic rings. The fourth-order valence-corrected chi connectivity index (χ4v) is 6.16. The van der Waals surface area contributed by atoms with Crippen LogP contribution in [-0.2, 0) is 26.2 Å². The van der Waals surface area contributed by atoms with E-state index >= 15 is 0 Å². The summed E-state index contributed by atoms with van der Waals surface area (Å²) < 4.78 is 28.9. The number of aryl methyl sites for hydroxylation is 1. The van der Waals surface area contributed by atoms with Gasteiger partial charge in [0.1, 0.15) is 12.6 Å². The molecule has 3 rings (SSSR count). The lowest BCUT2D eigenvalue weighted by molar-refractivity contribution is -0.140. The standard InChI is InChI=1S/C30H34Cl3N3O4S/c1-5-21(4)34-30(38)27(6-2)35(18-22-9-11-23(31)12-10-22)29(37)19-36(28-17-24(32)13-16-26(28)33)41(39,40)25-14-7-20(3)8-15-25/h7-17,21,27H,5-6,18-19H2,1-4H3,(H,34,38)/t21-,27-/m1/s1. The van der Waals surface area contributed by atoms with Gasteiger partial charge in [-0.2, -0.15) is 0 Å². The van der Waals surface area contributed by atoms with Crippen LogP contribution in [0.25, 0.3) is 0 Å². The highest BCUT2D eigenvalue weighted by atomic mass is 35.5. The summed E-state index contributed by atoms with van der Waals surface area (Å²) in [5.41, 5.74) is 1.66. The Bertz CT molecular complexity index is 1470. The molecule has 7 nitrogen and oxygen atoms in total. The van der Waals surface area contributed by atoms with Crippen molar-refractivity contribution < 1.29 is 18.0 Å². The molecular weight excluding hydrogens is 605 g/mol. The molecule has 0 aliphatic rings. The van der Waals surface area contributed by atoms with Crippen molar-refractivity contribution in [2.45, 2.75) is 64.1 Å². The van der Waals surface area contributed by atoms with E-state index in [9.17, 15) is 18.0 Å². The van der Waals surface area contributed by atoms with E-state index in [2.05, 4.69) is 5.32 Å². The van der Waals surface area contributed by atoms with Gasteiger partial charge in [0.25, 0.3) is 10.0 Å². The molecule has 1 N–H and O–H groups in total. The van der Waals surface area contributed by atoms with Gasteiger partial charge >= 0.3 is 0 Å². The maximum absolute atomic E-state index is 14.1. The molecule has 0 bridgehead atoms. The second kappa shape index (κ2) is 14.4. The van der Waals surface area contributed by atoms with Gasteiger partial charge in [-0.1, -0.05) is 78.5 Å². The van der Waals surface area contributed by atoms with Crippen LogP contribution in [0.4, 0.5) is 5.69 Å². The first-order valence-corrected chi connectivity index (χ1v) is 15.8. The molecule has 0 aliphatic carbocycles. The molecule has 0 saturated carbocycles. The lowest BCUT2D eigenvalue weighted by Gasteiger charge is -2.34. The molecule has 0 radical (unpaired) electrons. The lowest BCUT2D eigenvalue weighted by atomic mass is 10.1. The summed E-state index contributed by atoms with van der Waals surface area (Å²) in [7, 11) is -4.27. The first-order chi connectivity index (χ1) is 19.4. The summed E-state index contributed by atoms with van der Waals surface area (Å²) in [6.45, 7) is 6.92. The Morgan fingerprint density at radius 3 is 2.07 bits per heavy atom. The predicted octanol–water partition coefficient (Wildman–Crippen LogP) is 6.87. The fourth-order valence-electron chi connectivity index (χ4n) is 4.17. The maximum Gasteiger partial charge on any atom is 0.264 e. The van der Waals surface area contributed by atoms with E-state index < -0.39 is 28.5 Å². The monoisotopic (exact) mass is 637 g/mol. The highest BCUT2D eigenvalue weighted by Gasteiger charge is 2.34. The van der Waals surface area contributed by atoms with Crippen molar-refractivity contribution >= 4 is 62.3 Å². The van der Waals surface area contributed by atoms with Crippen molar-refractivity contribution in [3.8, 4) is 0 Å². The molecule has 0 saturated heterocycles. The number of hydrogen-bond acceptors (Lipinski definition) is 4. The van der Waals surface area contributed by atoms with Crippen LogP contribution in [0.5, 0.6) is 0 Å². The fraction of sp³-hybridized carbons (Fsp3) is 0.333. The van der Waals surface area contributed by atoms with Gasteiger partial charge in [-0.15, -0.1) is 0 Å². The predicted molar refractivity (Wildman–Crippen MR) is 166 cm³/mol. The Labute approximate surface area is 257 Å². The number of halogens is 3. The summed E-state index contributed by atoms with van der Waals surface area (Å²) in [4.78, 5) is 28.9. The average Bonchev–Trinajstić information content (AvgIpc) is 2.94. The number of anilines is 1. The van der Waals surface area contributed by atoms with E-state index in [1.807, 2.05) is 20.8 Å². The van der Waals surface area contributed by atoms with Crippen molar-refractivity contribution in [3.63, 3.8) is 0 Å². The Kier molecular flexibility index (Phi) is 11.5. The van der Waals surface area contributed by atoms with Crippen LogP contribution in [0.15, 0.2) is 71.6 Å². The number of nitrogens with one attached hydrogen (secondary N) is 1. The van der Waals surface area contributed by atoms with Gasteiger partial charge in [0, 0.05) is 22.6 Å². The molecule has 11 heteroatoms. The summed E-state index contributed by atoms with van der Waals surface area (Å²) in [5.74, 6) is -0.907. The Balaban J connectivity index is 2.10. The number of carbonyl (C=O) groups is 2. The van der Waals surface area contributed by atoms with E-state index in [4.69, 9.17) is 34.8 Å². The number of hydrogen-bond donors (Lipinski definition) is 1. The molecule has 220 valence electrons. The van der Waals surface area contributed by atoms with Crippen LogP contribution >= 0.6 is 34.8 Å². The number of rotatable bonds is 12. The van der Waals surface area contributed by atoms with Crippen molar-refractivity contribution in [1.29, 1.82) is 0 Å². The smallest absolute Gasteiger partial charge is 0.264 e. The summed E-state index contributed by atoms with van der Waals surface area (Å²) in [6.07, 6.45) is 1.02. The van der Waals surface area contributed by atoms with Gasteiger partial charge in [-0.3, -0.25) is 13.9 Å². The van der Waals surface area contributed by atoms with Crippen LogP contribution in [0.1, 0.15) is 44.7 Å². The van der Waals surface area contributed by atoms with Crippen LogP contribution < -0.4 is 9.62 Å². The molecule has 0 unspecified atom stereocenters. The third kappa shape index (κ3) is 8.38. The molecule has 41 heavy (non-hydrogen) atoms. The second-order valence-electron chi connectivity index (χ2n) is 9.81. The van der Waals surface area contributed by atoms with E-state index in [-0.39, 0.29) is 39.1 Å². The lowest BCUT2D eigenvalue weighted by Crippen LogP contribution is -2.53. The molecule has 0 spiro atoms. The quantitative estimate of drug-likeness (QED) is 0.235. The summed E-state index contributed by atoms with van der Waals surface area (Å²) in [6, 6.07) is 16.6. The van der Waals surface area contributed by atoms with E-state index in [0.29, 0.717) is 17.9 Å². The van der Waals surface area contributed by atoms with Crippen LogP contribution in [-0.4, -0.2) is 43.8 Å². The SMILES string of the molecule is CC[C@@H](C)NC(=O)[C@@H](CC)N(Cc1ccc(Cl)cc1)C(=O)CN(c1cc(Cl)ccc1Cl)S(=O)(=O)c1ccc(C)cc1. The number of amides is 2. The minimum Gasteiger partial charge on any atom is -0.352 e. The largest absolute Gasteiger partial charge is 0.352 e. The van der Waals surface area contributed by atoms with Gasteiger partial charge in [-0.25, -0.2) is 8.42 Å². The minimum atomic E-state index is -4.27. The molecule has 0 aliphatic heterocycles. The maximum atomic E-state index is 14.1. The Morgan fingerprint density at radius 2 is 1.49 bits per heavy atom. The van der Waals surface area contributed by atoms with Gasteiger partial charge in [0.05, 0.1) is 15.6 Å². The van der Waals surface area contributed by atoms with Gasteiger partial charge in [0.15, 0.2) is 0 Å². The van der Waals surface area contributed by atoms with Crippen LogP contribution in [0, 0.1) is 6.92 Å². The van der Waals surface area contributed by atoms with Gasteiger partial charge in [-0.05, 0) is 74.7 Å². The third-order valence-corrected chi connectivity index (χ3v) is 9.30. The van der Waals surface area contributed by atoms with E-state index in [1.165, 1.54) is 35.2 Å². The average molecular weight is 639 g/mol. The summed E-state index contributed by atoms with van der Waals surface area (Å²) in [5, 5.41) is 3.83. The number of nitrogens with zero attached hydrogens (tertiary/aromatic N) is 2. The highest BCUT2D eigenvalue weighted by molar-refractivity contribution is 7.92. The zero-order chi connectivity index (χ0) is 30.3. The molecule has 0 fully saturated rings. The first kappa shape index (κ1) is 32.7. The zero-order valence-corrected chi connectivity index (χ0v) is 26.5. The normalized spacial score (nSPS) is 12.9. The van der Waals surface area contributed by atoms with Crippen molar-refractivity contribution in [1.82, 2.24) is 10.2 Å². The molecule has 0 heterocycles. The van der Waals surface area contributed by atoms with Crippen molar-refractivity contribution in [2.24, 2.45) is 0 Å². The Hall–Kier alpha value is -2.78. The number of benzene rings is 3. The molecule has 2 atom stereocenters. The van der Waals surface area contributed by atoms with Gasteiger partial charge in [0.2, 0.25) is 11.8 Å². The summed E-state index contributed by atoms with van der Waals surface area (Å²) >= 11 is 18.8. The van der Waals surface area contributed by atoms with Gasteiger partial charge < -0.3 is 10.2 Å². The van der Waals surface area contributed by atoms with Crippen molar-refractivity contribution in [3.05, 3.63) is 92.9 Å². The minimum absolute atomic E-state index is 0.0160. The van der Waals surface area contributed by atoms with Crippen LogP contribution in [0.2, 0.25) is 15.1 Å². The highest BCUT2D eigenvalue weighted by Crippen LogP contribution is 2.33. The van der Waals surface area contributed by atoms with E-state index in [0.717, 1.165) is 15.4 Å². The molecule has 2 amide bonds. The molecule has 0 aromatic heterocycles. The molecule has 3 aromatic carbocycles. The van der Waals surface area contributed by atoms with Crippen molar-refractivity contribution in [2.75, 3.05) is 10.8 Å². The number of sulfonamides is 1. The molecular formula is C30H34Cl3N3O4S. The number of carbonyl (C=O) groups excluding carboxylic acids is 2. The Morgan fingerprint density at radius 1 is 0.878 bits per heavy atom. The second-order valence-corrected chi connectivity index (χ2v) is 13.0. The van der Waals surface area contributed by atoms with Crippen LogP contribution in [0.3, 0.4) is 0 Å².